The van der Waals surface area contributed by atoms with E-state index in [-0.39, 0.29) is 33.7 Å². The van der Waals surface area contributed by atoms with E-state index in [0.29, 0.717) is 17.4 Å². The summed E-state index contributed by atoms with van der Waals surface area (Å²) < 4.78 is 39.0. The molecule has 3 rings (SSSR count). The number of carbonyl (C=O) groups excluding carboxylic acids is 1. The number of halogens is 3. The van der Waals surface area contributed by atoms with E-state index in [4.69, 9.17) is 21.1 Å². The molecule has 0 aliphatic carbocycles. The van der Waals surface area contributed by atoms with Crippen LogP contribution in [0.1, 0.15) is 28.8 Å². The molecule has 0 aromatic carbocycles. The maximum atomic E-state index is 13.8. The molecule has 0 saturated carbocycles. The van der Waals surface area contributed by atoms with Crippen LogP contribution in [-0.4, -0.2) is 27.4 Å². The molecule has 10 heteroatoms. The second kappa shape index (κ2) is 8.58. The number of rotatable bonds is 6. The van der Waals surface area contributed by atoms with Crippen LogP contribution >= 0.6 is 11.6 Å². The van der Waals surface area contributed by atoms with Gasteiger partial charge in [-0.2, -0.15) is 0 Å². The van der Waals surface area contributed by atoms with Crippen molar-refractivity contribution in [3.05, 3.63) is 74.7 Å². The molecule has 0 amide bonds. The number of methoxy groups -OCH3 is 1. The zero-order chi connectivity index (χ0) is 22.0. The first kappa shape index (κ1) is 21.4. The van der Waals surface area contributed by atoms with Crippen molar-refractivity contribution in [3.63, 3.8) is 0 Å². The van der Waals surface area contributed by atoms with Gasteiger partial charge in [-0.3, -0.25) is 24.1 Å². The topological polar surface area (TPSA) is 83.3 Å². The molecule has 0 fully saturated rings. The molecule has 0 atom stereocenters. The lowest BCUT2D eigenvalue weighted by Gasteiger charge is -2.19. The molecule has 3 heterocycles. The Morgan fingerprint density at radius 1 is 1.23 bits per heavy atom. The first-order valence-corrected chi connectivity index (χ1v) is 9.01. The predicted molar refractivity (Wildman–Crippen MR) is 105 cm³/mol. The summed E-state index contributed by atoms with van der Waals surface area (Å²) in [5.41, 5.74) is 0.0488. The summed E-state index contributed by atoms with van der Waals surface area (Å²) in [5.74, 6) is -1.97. The number of ketones is 1. The van der Waals surface area contributed by atoms with Crippen LogP contribution in [0.3, 0.4) is 0 Å². The maximum absolute atomic E-state index is 13.8. The molecule has 0 radical (unpaired) electrons. The third-order valence-corrected chi connectivity index (χ3v) is 4.60. The van der Waals surface area contributed by atoms with Crippen LogP contribution in [0.2, 0.25) is 5.02 Å². The van der Waals surface area contributed by atoms with Crippen LogP contribution in [0.25, 0.3) is 5.69 Å². The predicted octanol–water partition coefficient (Wildman–Crippen LogP) is 3.66. The molecule has 0 saturated heterocycles. The molecular weight excluding hydrogens is 420 g/mol. The Morgan fingerprint density at radius 3 is 2.60 bits per heavy atom. The van der Waals surface area contributed by atoms with Gasteiger partial charge >= 0.3 is 0 Å². The number of pyridine rings is 3. The first-order chi connectivity index (χ1) is 14.2. The lowest BCUT2D eigenvalue weighted by atomic mass is 10.2. The Hall–Kier alpha value is -3.33. The monoisotopic (exact) mass is 435 g/mol. The SMILES string of the molecule is COc1c(OCc2ncc(F)cc2F)c(Cl)c(=O)n(-c2ccnc(C(C)=O)c2)c1C. The van der Waals surface area contributed by atoms with Gasteiger partial charge in [-0.25, -0.2) is 8.78 Å². The Balaban J connectivity index is 2.08. The third-order valence-electron chi connectivity index (χ3n) is 4.26. The Kier molecular flexibility index (Phi) is 6.12. The van der Waals surface area contributed by atoms with Gasteiger partial charge in [0.25, 0.3) is 5.56 Å². The molecule has 30 heavy (non-hydrogen) atoms. The van der Waals surface area contributed by atoms with Gasteiger partial charge in [0.15, 0.2) is 28.1 Å². The van der Waals surface area contributed by atoms with Gasteiger partial charge in [0, 0.05) is 19.2 Å². The van der Waals surface area contributed by atoms with Crippen molar-refractivity contribution in [2.45, 2.75) is 20.5 Å². The summed E-state index contributed by atoms with van der Waals surface area (Å²) in [6, 6.07) is 3.66. The fourth-order valence-electron chi connectivity index (χ4n) is 2.83. The van der Waals surface area contributed by atoms with Crippen LogP contribution in [0.4, 0.5) is 8.78 Å². The average Bonchev–Trinajstić information content (AvgIpc) is 2.71. The number of aromatic nitrogens is 3. The quantitative estimate of drug-likeness (QED) is 0.549. The van der Waals surface area contributed by atoms with Crippen molar-refractivity contribution in [1.82, 2.24) is 14.5 Å². The van der Waals surface area contributed by atoms with E-state index in [2.05, 4.69) is 9.97 Å². The van der Waals surface area contributed by atoms with Crippen LogP contribution in [-0.2, 0) is 6.61 Å². The maximum Gasteiger partial charge on any atom is 0.278 e. The van der Waals surface area contributed by atoms with E-state index in [0.717, 1.165) is 6.20 Å². The van der Waals surface area contributed by atoms with E-state index in [9.17, 15) is 18.4 Å². The molecule has 7 nitrogen and oxygen atoms in total. The fourth-order valence-corrected chi connectivity index (χ4v) is 3.06. The Bertz CT molecular complexity index is 1200. The second-order valence-corrected chi connectivity index (χ2v) is 6.61. The van der Waals surface area contributed by atoms with Crippen molar-refractivity contribution >= 4 is 17.4 Å². The standard InChI is InChI=1S/C20H16ClF2N3O4/c1-10-18(29-3)19(30-9-16-14(23)6-12(22)8-25-16)17(21)20(28)26(10)13-4-5-24-15(7-13)11(2)27/h4-8H,9H2,1-3H3. The van der Waals surface area contributed by atoms with Crippen molar-refractivity contribution in [1.29, 1.82) is 0 Å². The number of Topliss-reactive ketones (excluding diaryl/α,β-unsaturated/α-hetero) is 1. The smallest absolute Gasteiger partial charge is 0.278 e. The number of hydrogen-bond acceptors (Lipinski definition) is 6. The first-order valence-electron chi connectivity index (χ1n) is 8.63. The van der Waals surface area contributed by atoms with E-state index in [1.54, 1.807) is 6.92 Å². The average molecular weight is 436 g/mol. The van der Waals surface area contributed by atoms with Gasteiger partial charge in [-0.15, -0.1) is 0 Å². The summed E-state index contributed by atoms with van der Waals surface area (Å²) in [6.07, 6.45) is 2.24. The van der Waals surface area contributed by atoms with Gasteiger partial charge in [-0.1, -0.05) is 11.6 Å². The van der Waals surface area contributed by atoms with Gasteiger partial charge in [-0.05, 0) is 19.1 Å². The van der Waals surface area contributed by atoms with Crippen LogP contribution in [0, 0.1) is 18.6 Å². The van der Waals surface area contributed by atoms with Gasteiger partial charge in [0.05, 0.1) is 24.7 Å². The van der Waals surface area contributed by atoms with Crippen molar-refractivity contribution < 1.29 is 23.0 Å². The number of nitrogens with zero attached hydrogens (tertiary/aromatic N) is 3. The molecule has 3 aromatic heterocycles. The highest BCUT2D eigenvalue weighted by Gasteiger charge is 2.23. The summed E-state index contributed by atoms with van der Waals surface area (Å²) >= 11 is 6.24. The number of carbonyl (C=O) groups is 1. The highest BCUT2D eigenvalue weighted by molar-refractivity contribution is 6.32. The molecule has 0 aliphatic heterocycles. The largest absolute Gasteiger partial charge is 0.491 e. The Labute approximate surface area is 174 Å². The highest BCUT2D eigenvalue weighted by Crippen LogP contribution is 2.36. The zero-order valence-electron chi connectivity index (χ0n) is 16.2. The van der Waals surface area contributed by atoms with E-state index >= 15 is 0 Å². The molecule has 0 aliphatic rings. The molecule has 0 N–H and O–H groups in total. The minimum Gasteiger partial charge on any atom is -0.491 e. The van der Waals surface area contributed by atoms with Crippen LogP contribution in [0.5, 0.6) is 11.5 Å². The summed E-state index contributed by atoms with van der Waals surface area (Å²) in [7, 11) is 1.35. The molecule has 0 unspecified atom stereocenters. The lowest BCUT2D eigenvalue weighted by molar-refractivity contribution is 0.101. The summed E-state index contributed by atoms with van der Waals surface area (Å²) in [4.78, 5) is 32.2. The molecule has 3 aromatic rings. The molecule has 0 bridgehead atoms. The normalized spacial score (nSPS) is 10.7. The fraction of sp³-hybridized carbons (Fsp3) is 0.200. The minimum atomic E-state index is -0.899. The van der Waals surface area contributed by atoms with Crippen molar-refractivity contribution in [3.8, 4) is 17.2 Å². The van der Waals surface area contributed by atoms with Gasteiger partial charge in [0.2, 0.25) is 0 Å². The lowest BCUT2D eigenvalue weighted by Crippen LogP contribution is -2.23. The van der Waals surface area contributed by atoms with E-state index < -0.39 is 23.8 Å². The number of ether oxygens (including phenoxy) is 2. The highest BCUT2D eigenvalue weighted by atomic mass is 35.5. The third kappa shape index (κ3) is 4.02. The van der Waals surface area contributed by atoms with Gasteiger partial charge < -0.3 is 9.47 Å². The van der Waals surface area contributed by atoms with Crippen LogP contribution < -0.4 is 15.0 Å². The van der Waals surface area contributed by atoms with Crippen molar-refractivity contribution in [2.24, 2.45) is 0 Å². The molecule has 0 spiro atoms. The second-order valence-electron chi connectivity index (χ2n) is 6.23. The Morgan fingerprint density at radius 2 is 1.97 bits per heavy atom. The minimum absolute atomic E-state index is 0.107. The summed E-state index contributed by atoms with van der Waals surface area (Å²) in [6.45, 7) is 2.54. The van der Waals surface area contributed by atoms with Crippen LogP contribution in [0.15, 0.2) is 35.4 Å². The zero-order valence-corrected chi connectivity index (χ0v) is 17.0. The number of hydrogen-bond donors (Lipinski definition) is 0. The summed E-state index contributed by atoms with van der Waals surface area (Å²) in [5, 5.41) is -0.318. The molecular formula is C20H16ClF2N3O4. The van der Waals surface area contributed by atoms with E-state index in [1.165, 1.54) is 36.9 Å². The molecule has 156 valence electrons. The van der Waals surface area contributed by atoms with E-state index in [1.807, 2.05) is 0 Å². The van der Waals surface area contributed by atoms with Crippen molar-refractivity contribution in [2.75, 3.05) is 7.11 Å². The van der Waals surface area contributed by atoms with Gasteiger partial charge in [0.1, 0.15) is 23.8 Å².